The van der Waals surface area contributed by atoms with Gasteiger partial charge in [0.25, 0.3) is 0 Å². The lowest BCUT2D eigenvalue weighted by atomic mass is 10.2. The van der Waals surface area contributed by atoms with Crippen LogP contribution in [0, 0.1) is 11.7 Å². The predicted molar refractivity (Wildman–Crippen MR) is 108 cm³/mol. The number of halogens is 1. The summed E-state index contributed by atoms with van der Waals surface area (Å²) >= 11 is 5.50. The minimum Gasteiger partial charge on any atom is -0.454 e. The van der Waals surface area contributed by atoms with Crippen molar-refractivity contribution in [1.82, 2.24) is 19.1 Å². The molecular formula is C19H20FN5O2S. The molecular weight excluding hydrogens is 381 g/mol. The Hall–Kier alpha value is -2.94. The van der Waals surface area contributed by atoms with Crippen molar-refractivity contribution in [2.75, 3.05) is 12.1 Å². The van der Waals surface area contributed by atoms with Crippen LogP contribution in [0.15, 0.2) is 24.9 Å². The Balaban J connectivity index is 1.76. The lowest BCUT2D eigenvalue weighted by molar-refractivity contribution is 0.174. The normalized spacial score (nSPS) is 13.7. The van der Waals surface area contributed by atoms with E-state index in [1.54, 1.807) is 15.3 Å². The van der Waals surface area contributed by atoms with Crippen LogP contribution in [0.4, 0.5) is 16.0 Å². The molecule has 0 aliphatic carbocycles. The zero-order chi connectivity index (χ0) is 20.0. The highest BCUT2D eigenvalue weighted by atomic mass is 32.1. The first-order valence-electron chi connectivity index (χ1n) is 8.79. The van der Waals surface area contributed by atoms with Crippen molar-refractivity contribution in [3.05, 3.63) is 35.2 Å². The molecule has 28 heavy (non-hydrogen) atoms. The molecule has 3 heterocycles. The van der Waals surface area contributed by atoms with Gasteiger partial charge in [0.05, 0.1) is 6.20 Å². The summed E-state index contributed by atoms with van der Waals surface area (Å²) in [5.74, 6) is 1.78. The molecule has 0 spiro atoms. The quantitative estimate of drug-likeness (QED) is 0.635. The smallest absolute Gasteiger partial charge is 0.231 e. The van der Waals surface area contributed by atoms with Crippen molar-refractivity contribution in [2.24, 2.45) is 7.05 Å². The van der Waals surface area contributed by atoms with Crippen molar-refractivity contribution in [1.29, 1.82) is 0 Å². The Morgan fingerprint density at radius 2 is 2.11 bits per heavy atom. The van der Waals surface area contributed by atoms with E-state index in [1.165, 1.54) is 6.92 Å². The Morgan fingerprint density at radius 3 is 2.82 bits per heavy atom. The zero-order valence-electron chi connectivity index (χ0n) is 15.8. The molecule has 3 aromatic rings. The number of benzene rings is 1. The average molecular weight is 401 g/mol. The summed E-state index contributed by atoms with van der Waals surface area (Å²) in [5, 5.41) is 3.21. The number of imidazole rings is 1. The summed E-state index contributed by atoms with van der Waals surface area (Å²) < 4.78 is 28.3. The summed E-state index contributed by atoms with van der Waals surface area (Å²) in [4.78, 5) is 9.01. The van der Waals surface area contributed by atoms with Crippen LogP contribution >= 0.6 is 12.2 Å². The van der Waals surface area contributed by atoms with Crippen molar-refractivity contribution in [3.63, 3.8) is 0 Å². The van der Waals surface area contributed by atoms with Crippen molar-refractivity contribution in [3.8, 4) is 11.5 Å². The Labute approximate surface area is 166 Å². The van der Waals surface area contributed by atoms with E-state index in [9.17, 15) is 4.39 Å². The lowest BCUT2D eigenvalue weighted by Crippen LogP contribution is -2.04. The molecule has 1 atom stereocenters. The van der Waals surface area contributed by atoms with Crippen LogP contribution in [0.25, 0.3) is 16.9 Å². The summed E-state index contributed by atoms with van der Waals surface area (Å²) in [6.45, 7) is 7.64. The van der Waals surface area contributed by atoms with Crippen LogP contribution in [-0.4, -0.2) is 32.1 Å². The largest absolute Gasteiger partial charge is 0.454 e. The number of nitrogens with one attached hydrogen (secondary N) is 1. The Kier molecular flexibility index (Phi) is 4.54. The molecule has 0 saturated heterocycles. The number of nitrogens with zero attached hydrogens (tertiary/aromatic N) is 4. The Morgan fingerprint density at radius 1 is 1.39 bits per heavy atom. The molecule has 0 fully saturated rings. The number of hydrogen-bond donors (Lipinski definition) is 1. The van der Waals surface area contributed by atoms with Crippen LogP contribution in [0.3, 0.4) is 0 Å². The van der Waals surface area contributed by atoms with Crippen molar-refractivity contribution < 1.29 is 13.9 Å². The van der Waals surface area contributed by atoms with E-state index in [1.807, 2.05) is 26.1 Å². The van der Waals surface area contributed by atoms with Crippen molar-refractivity contribution >= 4 is 40.7 Å². The van der Waals surface area contributed by atoms with Crippen LogP contribution in [-0.2, 0) is 7.05 Å². The molecule has 0 bridgehead atoms. The molecule has 4 rings (SSSR count). The summed E-state index contributed by atoms with van der Waals surface area (Å²) in [6.07, 6.45) is 0.827. The summed E-state index contributed by atoms with van der Waals surface area (Å²) in [7, 11) is 1.83. The fraction of sp³-hybridized carbons (Fsp3) is 0.316. The topological polar surface area (TPSA) is 66.1 Å². The third-order valence-electron chi connectivity index (χ3n) is 4.60. The van der Waals surface area contributed by atoms with Gasteiger partial charge in [0.15, 0.2) is 21.9 Å². The summed E-state index contributed by atoms with van der Waals surface area (Å²) in [5.41, 5.74) is 3.64. The van der Waals surface area contributed by atoms with Crippen LogP contribution in [0.1, 0.15) is 18.9 Å². The van der Waals surface area contributed by atoms with E-state index < -0.39 is 6.17 Å². The van der Waals surface area contributed by atoms with Gasteiger partial charge in [0.1, 0.15) is 11.7 Å². The molecule has 1 N–H and O–H groups in total. The molecule has 9 heteroatoms. The molecule has 2 aromatic heterocycles. The number of fused-ring (bicyclic) bond motifs is 2. The van der Waals surface area contributed by atoms with Crippen LogP contribution < -0.4 is 14.8 Å². The first kappa shape index (κ1) is 18.4. The standard InChI is InChI=1S/C19H20FN5O2S/c1-10-5-15-16(27-9-26-15)7-13(10)22-18-21-8-14-17(23-18)25(19(28)24(14)4)12(3)6-11(2)20/h5,7-8,11H,3,6,9H2,1-2,4H3,(H,21,22,23). The van der Waals surface area contributed by atoms with Gasteiger partial charge < -0.3 is 19.4 Å². The van der Waals surface area contributed by atoms with Gasteiger partial charge in [-0.05, 0) is 37.7 Å². The third-order valence-corrected chi connectivity index (χ3v) is 5.06. The first-order valence-corrected chi connectivity index (χ1v) is 9.20. The Bertz CT molecular complexity index is 1150. The van der Waals surface area contributed by atoms with Gasteiger partial charge in [0.2, 0.25) is 12.7 Å². The van der Waals surface area contributed by atoms with E-state index >= 15 is 0 Å². The minimum absolute atomic E-state index is 0.168. The molecule has 7 nitrogen and oxygen atoms in total. The van der Waals surface area contributed by atoms with Crippen molar-refractivity contribution in [2.45, 2.75) is 26.4 Å². The number of anilines is 2. The second kappa shape index (κ2) is 6.90. The van der Waals surface area contributed by atoms with E-state index in [0.717, 1.165) is 16.8 Å². The second-order valence-electron chi connectivity index (χ2n) is 6.78. The number of aryl methyl sites for hydroxylation is 2. The van der Waals surface area contributed by atoms with Gasteiger partial charge in [-0.25, -0.2) is 9.37 Å². The van der Waals surface area contributed by atoms with Gasteiger partial charge >= 0.3 is 0 Å². The predicted octanol–water partition coefficient (Wildman–Crippen LogP) is 4.50. The van der Waals surface area contributed by atoms with Gasteiger partial charge in [-0.3, -0.25) is 4.57 Å². The van der Waals surface area contributed by atoms with Gasteiger partial charge in [-0.15, -0.1) is 0 Å². The summed E-state index contributed by atoms with van der Waals surface area (Å²) in [6, 6.07) is 3.75. The van der Waals surface area contributed by atoms with E-state index in [4.69, 9.17) is 21.7 Å². The minimum atomic E-state index is -1.03. The highest BCUT2D eigenvalue weighted by molar-refractivity contribution is 7.71. The molecule has 146 valence electrons. The molecule has 1 aromatic carbocycles. The van der Waals surface area contributed by atoms with Gasteiger partial charge in [0, 0.05) is 30.9 Å². The fourth-order valence-corrected chi connectivity index (χ4v) is 3.49. The molecule has 1 unspecified atom stereocenters. The zero-order valence-corrected chi connectivity index (χ0v) is 16.6. The second-order valence-corrected chi connectivity index (χ2v) is 7.14. The maximum atomic E-state index is 13.5. The van der Waals surface area contributed by atoms with Gasteiger partial charge in [-0.2, -0.15) is 4.98 Å². The average Bonchev–Trinajstić information content (AvgIpc) is 3.17. The number of rotatable bonds is 5. The number of hydrogen-bond acceptors (Lipinski definition) is 6. The number of allylic oxidation sites excluding steroid dienone is 1. The van der Waals surface area contributed by atoms with E-state index in [0.29, 0.717) is 33.6 Å². The lowest BCUT2D eigenvalue weighted by Gasteiger charge is -2.11. The van der Waals surface area contributed by atoms with Crippen LogP contribution in [0.2, 0.25) is 0 Å². The maximum absolute atomic E-state index is 13.5. The van der Waals surface area contributed by atoms with Crippen LogP contribution in [0.5, 0.6) is 11.5 Å². The monoisotopic (exact) mass is 401 g/mol. The molecule has 0 saturated carbocycles. The number of aromatic nitrogens is 4. The van der Waals surface area contributed by atoms with E-state index in [-0.39, 0.29) is 13.2 Å². The highest BCUT2D eigenvalue weighted by Gasteiger charge is 2.18. The molecule has 1 aliphatic rings. The van der Waals surface area contributed by atoms with Gasteiger partial charge in [-0.1, -0.05) is 6.58 Å². The number of ether oxygens (including phenoxy) is 2. The first-order chi connectivity index (χ1) is 13.3. The fourth-order valence-electron chi connectivity index (χ4n) is 3.17. The third kappa shape index (κ3) is 3.11. The number of alkyl halides is 1. The molecule has 0 radical (unpaired) electrons. The molecule has 1 aliphatic heterocycles. The highest BCUT2D eigenvalue weighted by Crippen LogP contribution is 2.37. The molecule has 0 amide bonds. The SMILES string of the molecule is C=C(CC(C)F)n1c(=S)n(C)c2cnc(Nc3cc4c(cc3C)OCO4)nc21. The van der Waals surface area contributed by atoms with E-state index in [2.05, 4.69) is 21.9 Å². The maximum Gasteiger partial charge on any atom is 0.231 e.